The van der Waals surface area contributed by atoms with Crippen molar-refractivity contribution >= 4 is 22.6 Å². The molecule has 0 aliphatic rings. The van der Waals surface area contributed by atoms with Gasteiger partial charge >= 0.3 is 0 Å². The Bertz CT molecular complexity index is 1050. The van der Waals surface area contributed by atoms with Crippen molar-refractivity contribution in [3.05, 3.63) is 66.0 Å². The lowest BCUT2D eigenvalue weighted by Gasteiger charge is -2.18. The van der Waals surface area contributed by atoms with Crippen molar-refractivity contribution in [1.82, 2.24) is 10.2 Å². The minimum absolute atomic E-state index is 0.0306. The minimum Gasteiger partial charge on any atom is -0.496 e. The second-order valence-corrected chi connectivity index (χ2v) is 6.39. The first-order chi connectivity index (χ1) is 13.5. The van der Waals surface area contributed by atoms with Crippen molar-refractivity contribution in [2.75, 3.05) is 27.7 Å². The summed E-state index contributed by atoms with van der Waals surface area (Å²) in [5, 5.41) is 4.10. The highest BCUT2D eigenvalue weighted by molar-refractivity contribution is 6.11. The van der Waals surface area contributed by atoms with E-state index in [1.165, 1.54) is 31.2 Å². The van der Waals surface area contributed by atoms with Crippen molar-refractivity contribution < 1.29 is 18.7 Å². The van der Waals surface area contributed by atoms with E-state index in [9.17, 15) is 14.0 Å². The number of halogens is 1. The molecule has 1 N–H and O–H groups in total. The van der Waals surface area contributed by atoms with Crippen LogP contribution in [0.15, 0.2) is 54.6 Å². The van der Waals surface area contributed by atoms with Crippen LogP contribution >= 0.6 is 0 Å². The molecule has 0 aromatic heterocycles. The summed E-state index contributed by atoms with van der Waals surface area (Å²) in [4.78, 5) is 25.9. The summed E-state index contributed by atoms with van der Waals surface area (Å²) in [6.07, 6.45) is 0. The summed E-state index contributed by atoms with van der Waals surface area (Å²) < 4.78 is 18.9. The number of hydrogen-bond acceptors (Lipinski definition) is 3. The van der Waals surface area contributed by atoms with E-state index in [2.05, 4.69) is 5.32 Å². The summed E-state index contributed by atoms with van der Waals surface area (Å²) >= 11 is 0. The average Bonchev–Trinajstić information content (AvgIpc) is 2.72. The molecular weight excluding hydrogens is 359 g/mol. The van der Waals surface area contributed by atoms with Crippen molar-refractivity contribution in [3.63, 3.8) is 0 Å². The van der Waals surface area contributed by atoms with Crippen molar-refractivity contribution in [2.24, 2.45) is 0 Å². The van der Waals surface area contributed by atoms with Gasteiger partial charge < -0.3 is 15.0 Å². The second-order valence-electron chi connectivity index (χ2n) is 6.39. The quantitative estimate of drug-likeness (QED) is 0.737. The van der Waals surface area contributed by atoms with Gasteiger partial charge in [0.25, 0.3) is 5.91 Å². The molecule has 28 heavy (non-hydrogen) atoms. The van der Waals surface area contributed by atoms with Gasteiger partial charge in [-0.3, -0.25) is 9.59 Å². The average molecular weight is 380 g/mol. The van der Waals surface area contributed by atoms with Crippen LogP contribution in [0.5, 0.6) is 5.75 Å². The van der Waals surface area contributed by atoms with Crippen molar-refractivity contribution in [3.8, 4) is 16.9 Å². The van der Waals surface area contributed by atoms with Crippen LogP contribution in [-0.4, -0.2) is 44.5 Å². The van der Waals surface area contributed by atoms with Crippen molar-refractivity contribution in [2.45, 2.75) is 0 Å². The summed E-state index contributed by atoms with van der Waals surface area (Å²) in [6.45, 7) is -0.0306. The lowest BCUT2D eigenvalue weighted by molar-refractivity contribution is -0.121. The lowest BCUT2D eigenvalue weighted by Crippen LogP contribution is -2.36. The van der Waals surface area contributed by atoms with Crippen LogP contribution in [0.25, 0.3) is 21.9 Å². The van der Waals surface area contributed by atoms with Gasteiger partial charge in [0.05, 0.1) is 13.7 Å². The Labute approximate surface area is 162 Å². The summed E-state index contributed by atoms with van der Waals surface area (Å²) in [5.74, 6) is -0.460. The van der Waals surface area contributed by atoms with E-state index in [-0.39, 0.29) is 24.2 Å². The maximum Gasteiger partial charge on any atom is 0.254 e. The fourth-order valence-corrected chi connectivity index (χ4v) is 3.19. The molecule has 0 bridgehead atoms. The van der Waals surface area contributed by atoms with Gasteiger partial charge in [-0.2, -0.15) is 0 Å². The summed E-state index contributed by atoms with van der Waals surface area (Å²) in [6, 6.07) is 15.4. The fourth-order valence-electron chi connectivity index (χ4n) is 3.19. The number of amides is 2. The maximum absolute atomic E-state index is 13.6. The summed E-state index contributed by atoms with van der Waals surface area (Å²) in [7, 11) is 4.61. The highest BCUT2D eigenvalue weighted by atomic mass is 19.1. The molecule has 0 aliphatic heterocycles. The van der Waals surface area contributed by atoms with E-state index >= 15 is 0 Å². The first kappa shape index (κ1) is 19.4. The van der Waals surface area contributed by atoms with Crippen molar-refractivity contribution in [1.29, 1.82) is 0 Å². The van der Waals surface area contributed by atoms with Gasteiger partial charge in [-0.15, -0.1) is 0 Å². The number of hydrogen-bond donors (Lipinski definition) is 1. The standard InChI is InChI=1S/C22H21FN2O3/c1-24-21(26)13-25(2)22(27)19-9-5-6-15-16(7-4-8-17(15)19)18-11-10-14(23)12-20(18)28-3/h4-12H,13H2,1-3H3,(H,24,26). The van der Waals surface area contributed by atoms with Crippen LogP contribution < -0.4 is 10.1 Å². The number of carbonyl (C=O) groups is 2. The van der Waals surface area contributed by atoms with Gasteiger partial charge in [0.2, 0.25) is 5.91 Å². The normalized spacial score (nSPS) is 10.6. The molecule has 144 valence electrons. The van der Waals surface area contributed by atoms with E-state index in [1.54, 1.807) is 25.2 Å². The molecule has 5 nitrogen and oxygen atoms in total. The zero-order chi connectivity index (χ0) is 20.3. The molecule has 3 aromatic carbocycles. The molecule has 6 heteroatoms. The zero-order valence-corrected chi connectivity index (χ0v) is 16.0. The molecule has 0 spiro atoms. The number of fused-ring (bicyclic) bond motifs is 1. The highest BCUT2D eigenvalue weighted by Crippen LogP contribution is 2.36. The smallest absolute Gasteiger partial charge is 0.254 e. The van der Waals surface area contributed by atoms with Crippen LogP contribution in [0.4, 0.5) is 4.39 Å². The molecule has 0 saturated carbocycles. The number of nitrogens with one attached hydrogen (secondary N) is 1. The first-order valence-corrected chi connectivity index (χ1v) is 8.78. The molecule has 3 aromatic rings. The van der Waals surface area contributed by atoms with Gasteiger partial charge in [0.1, 0.15) is 11.6 Å². The molecule has 0 radical (unpaired) electrons. The Morgan fingerprint density at radius 1 is 1.04 bits per heavy atom. The third-order valence-corrected chi connectivity index (χ3v) is 4.61. The number of likely N-dealkylation sites (N-methyl/N-ethyl adjacent to an activating group) is 2. The minimum atomic E-state index is -0.382. The number of benzene rings is 3. The lowest BCUT2D eigenvalue weighted by atomic mass is 9.94. The molecule has 0 fully saturated rings. The van der Waals surface area contributed by atoms with E-state index in [0.29, 0.717) is 11.3 Å². The van der Waals surface area contributed by atoms with Gasteiger partial charge in [-0.1, -0.05) is 30.3 Å². The largest absolute Gasteiger partial charge is 0.496 e. The van der Waals surface area contributed by atoms with Crippen LogP contribution in [0, 0.1) is 5.82 Å². The van der Waals surface area contributed by atoms with E-state index in [4.69, 9.17) is 4.74 Å². The van der Waals surface area contributed by atoms with Crippen LogP contribution in [-0.2, 0) is 4.79 Å². The number of rotatable bonds is 5. The van der Waals surface area contributed by atoms with E-state index in [1.807, 2.05) is 24.3 Å². The van der Waals surface area contributed by atoms with E-state index in [0.717, 1.165) is 21.9 Å². The fraction of sp³-hybridized carbons (Fsp3) is 0.182. The SMILES string of the molecule is CNC(=O)CN(C)C(=O)c1cccc2c(-c3ccc(F)cc3OC)cccc12. The molecule has 2 amide bonds. The number of ether oxygens (including phenoxy) is 1. The number of nitrogens with zero attached hydrogens (tertiary/aromatic N) is 1. The Hall–Kier alpha value is -3.41. The number of carbonyl (C=O) groups excluding carboxylic acids is 2. The Balaban J connectivity index is 2.12. The second kappa shape index (κ2) is 8.08. The van der Waals surface area contributed by atoms with Gasteiger partial charge in [-0.25, -0.2) is 4.39 Å². The third kappa shape index (κ3) is 3.67. The Morgan fingerprint density at radius 3 is 2.46 bits per heavy atom. The van der Waals surface area contributed by atoms with Gasteiger partial charge in [-0.05, 0) is 34.5 Å². The first-order valence-electron chi connectivity index (χ1n) is 8.78. The summed E-state index contributed by atoms with van der Waals surface area (Å²) in [5.41, 5.74) is 2.06. The predicted octanol–water partition coefficient (Wildman–Crippen LogP) is 3.47. The van der Waals surface area contributed by atoms with E-state index < -0.39 is 0 Å². The Kier molecular flexibility index (Phi) is 5.59. The third-order valence-electron chi connectivity index (χ3n) is 4.61. The molecular formula is C22H21FN2O3. The molecule has 3 rings (SSSR count). The molecule has 0 atom stereocenters. The number of methoxy groups -OCH3 is 1. The van der Waals surface area contributed by atoms with Crippen LogP contribution in [0.3, 0.4) is 0 Å². The molecule has 0 heterocycles. The van der Waals surface area contributed by atoms with Crippen LogP contribution in [0.2, 0.25) is 0 Å². The van der Waals surface area contributed by atoms with Gasteiger partial charge in [0.15, 0.2) is 0 Å². The highest BCUT2D eigenvalue weighted by Gasteiger charge is 2.18. The van der Waals surface area contributed by atoms with Gasteiger partial charge in [0, 0.05) is 31.3 Å². The van der Waals surface area contributed by atoms with Crippen LogP contribution in [0.1, 0.15) is 10.4 Å². The predicted molar refractivity (Wildman–Crippen MR) is 107 cm³/mol. The zero-order valence-electron chi connectivity index (χ0n) is 16.0. The maximum atomic E-state index is 13.6. The molecule has 0 aliphatic carbocycles. The molecule has 0 unspecified atom stereocenters. The topological polar surface area (TPSA) is 58.6 Å². The molecule has 0 saturated heterocycles. The monoisotopic (exact) mass is 380 g/mol. The Morgan fingerprint density at radius 2 is 1.75 bits per heavy atom.